The Bertz CT molecular complexity index is 824. The minimum Gasteiger partial charge on any atom is -0.326 e. The first-order valence-corrected chi connectivity index (χ1v) is 8.67. The molecule has 0 aromatic heterocycles. The van der Waals surface area contributed by atoms with Gasteiger partial charge in [-0.2, -0.15) is 0 Å². The first kappa shape index (κ1) is 17.5. The summed E-state index contributed by atoms with van der Waals surface area (Å²) in [6, 6.07) is 11.1. The predicted molar refractivity (Wildman–Crippen MR) is 101 cm³/mol. The summed E-state index contributed by atoms with van der Waals surface area (Å²) in [4.78, 5) is 26.8. The Morgan fingerprint density at radius 1 is 1.16 bits per heavy atom. The van der Waals surface area contributed by atoms with E-state index >= 15 is 0 Å². The van der Waals surface area contributed by atoms with Crippen LogP contribution >= 0.6 is 11.6 Å². The van der Waals surface area contributed by atoms with Crippen LogP contribution < -0.4 is 10.2 Å². The highest BCUT2D eigenvalue weighted by atomic mass is 35.5. The maximum absolute atomic E-state index is 12.5. The molecule has 2 amide bonds. The number of hydrogen-bond acceptors (Lipinski definition) is 2. The number of amides is 2. The fourth-order valence-electron chi connectivity index (χ4n) is 3.51. The molecule has 4 nitrogen and oxygen atoms in total. The molecule has 5 heteroatoms. The molecule has 0 bridgehead atoms. The van der Waals surface area contributed by atoms with Crippen molar-refractivity contribution in [3.63, 3.8) is 0 Å². The SMILES string of the molecule is Cc1cc(C)c(N2CC(C(=O)Nc3cccc(Cl)c3)CC2=O)c(C)c1. The topological polar surface area (TPSA) is 49.4 Å². The summed E-state index contributed by atoms with van der Waals surface area (Å²) >= 11 is 5.95. The summed E-state index contributed by atoms with van der Waals surface area (Å²) in [5.41, 5.74) is 4.85. The quantitative estimate of drug-likeness (QED) is 0.893. The van der Waals surface area contributed by atoms with Crippen LogP contribution in [0.3, 0.4) is 0 Å². The van der Waals surface area contributed by atoms with Crippen molar-refractivity contribution < 1.29 is 9.59 Å². The number of halogens is 1. The number of rotatable bonds is 3. The third-order valence-corrected chi connectivity index (χ3v) is 4.73. The number of hydrogen-bond donors (Lipinski definition) is 1. The van der Waals surface area contributed by atoms with Crippen LogP contribution in [0.1, 0.15) is 23.1 Å². The molecule has 1 atom stereocenters. The number of aryl methyl sites for hydroxylation is 3. The molecule has 25 heavy (non-hydrogen) atoms. The van der Waals surface area contributed by atoms with Gasteiger partial charge in [-0.3, -0.25) is 9.59 Å². The average molecular weight is 357 g/mol. The first-order valence-electron chi connectivity index (χ1n) is 8.30. The van der Waals surface area contributed by atoms with E-state index in [2.05, 4.69) is 17.4 Å². The van der Waals surface area contributed by atoms with Crippen molar-refractivity contribution in [3.05, 3.63) is 58.1 Å². The molecule has 1 aliphatic rings. The van der Waals surface area contributed by atoms with Gasteiger partial charge in [-0.25, -0.2) is 0 Å². The van der Waals surface area contributed by atoms with Crippen LogP contribution in [0.4, 0.5) is 11.4 Å². The van der Waals surface area contributed by atoms with Gasteiger partial charge in [-0.15, -0.1) is 0 Å². The molecule has 1 N–H and O–H groups in total. The third kappa shape index (κ3) is 3.69. The molecule has 1 unspecified atom stereocenters. The van der Waals surface area contributed by atoms with Crippen LogP contribution in [0.2, 0.25) is 5.02 Å². The molecule has 1 saturated heterocycles. The van der Waals surface area contributed by atoms with Crippen molar-refractivity contribution in [2.45, 2.75) is 27.2 Å². The summed E-state index contributed by atoms with van der Waals surface area (Å²) in [6.07, 6.45) is 0.221. The number of carbonyl (C=O) groups excluding carboxylic acids is 2. The number of nitrogens with one attached hydrogen (secondary N) is 1. The number of nitrogens with zero attached hydrogens (tertiary/aromatic N) is 1. The van der Waals surface area contributed by atoms with Crippen LogP contribution in [0.5, 0.6) is 0 Å². The molecule has 0 radical (unpaired) electrons. The molecule has 0 saturated carbocycles. The average Bonchev–Trinajstić information content (AvgIpc) is 2.88. The summed E-state index contributed by atoms with van der Waals surface area (Å²) in [6.45, 7) is 6.44. The van der Waals surface area contributed by atoms with Gasteiger partial charge in [-0.05, 0) is 50.1 Å². The predicted octanol–water partition coefficient (Wildman–Crippen LogP) is 4.26. The molecule has 130 valence electrons. The van der Waals surface area contributed by atoms with Gasteiger partial charge in [0.15, 0.2) is 0 Å². The lowest BCUT2D eigenvalue weighted by Gasteiger charge is -2.22. The molecule has 1 fully saturated rings. The molecule has 2 aromatic rings. The van der Waals surface area contributed by atoms with Gasteiger partial charge in [0.1, 0.15) is 0 Å². The van der Waals surface area contributed by atoms with E-state index in [0.29, 0.717) is 17.3 Å². The Balaban J connectivity index is 1.77. The van der Waals surface area contributed by atoms with Gasteiger partial charge in [0, 0.05) is 29.4 Å². The fourth-order valence-corrected chi connectivity index (χ4v) is 3.70. The number of anilines is 2. The number of carbonyl (C=O) groups is 2. The van der Waals surface area contributed by atoms with Gasteiger partial charge in [0.25, 0.3) is 0 Å². The summed E-state index contributed by atoms with van der Waals surface area (Å²) in [5.74, 6) is -0.534. The van der Waals surface area contributed by atoms with E-state index in [-0.39, 0.29) is 24.2 Å². The van der Waals surface area contributed by atoms with Crippen LogP contribution in [-0.4, -0.2) is 18.4 Å². The fraction of sp³-hybridized carbons (Fsp3) is 0.300. The minimum absolute atomic E-state index is 0.0127. The summed E-state index contributed by atoms with van der Waals surface area (Å²) < 4.78 is 0. The maximum atomic E-state index is 12.5. The van der Waals surface area contributed by atoms with Gasteiger partial charge in [-0.1, -0.05) is 35.4 Å². The lowest BCUT2D eigenvalue weighted by molar-refractivity contribution is -0.122. The van der Waals surface area contributed by atoms with Crippen LogP contribution in [0.25, 0.3) is 0 Å². The van der Waals surface area contributed by atoms with E-state index in [1.165, 1.54) is 5.56 Å². The Hall–Kier alpha value is -2.33. The smallest absolute Gasteiger partial charge is 0.229 e. The van der Waals surface area contributed by atoms with Crippen molar-refractivity contribution in [1.29, 1.82) is 0 Å². The number of benzene rings is 2. The van der Waals surface area contributed by atoms with Crippen LogP contribution in [-0.2, 0) is 9.59 Å². The van der Waals surface area contributed by atoms with E-state index < -0.39 is 0 Å². The first-order chi connectivity index (χ1) is 11.8. The second kappa shape index (κ2) is 6.89. The zero-order valence-corrected chi connectivity index (χ0v) is 15.4. The van der Waals surface area contributed by atoms with Crippen molar-refractivity contribution in [3.8, 4) is 0 Å². The molecule has 0 aliphatic carbocycles. The highest BCUT2D eigenvalue weighted by Crippen LogP contribution is 2.32. The molecule has 0 spiro atoms. The zero-order chi connectivity index (χ0) is 18.1. The lowest BCUT2D eigenvalue weighted by atomic mass is 10.0. The summed E-state index contributed by atoms with van der Waals surface area (Å²) in [7, 11) is 0. The monoisotopic (exact) mass is 356 g/mol. The van der Waals surface area contributed by atoms with Gasteiger partial charge in [0.05, 0.1) is 5.92 Å². The van der Waals surface area contributed by atoms with Crippen LogP contribution in [0.15, 0.2) is 36.4 Å². The van der Waals surface area contributed by atoms with Gasteiger partial charge in [0.2, 0.25) is 11.8 Å². The van der Waals surface area contributed by atoms with E-state index in [1.54, 1.807) is 29.2 Å². The molecule has 2 aromatic carbocycles. The second-order valence-electron chi connectivity index (χ2n) is 6.65. The molecular weight excluding hydrogens is 336 g/mol. The van der Waals surface area contributed by atoms with Crippen molar-refractivity contribution in [2.75, 3.05) is 16.8 Å². The molecule has 1 aliphatic heterocycles. The van der Waals surface area contributed by atoms with E-state index in [9.17, 15) is 9.59 Å². The van der Waals surface area contributed by atoms with Gasteiger partial charge >= 0.3 is 0 Å². The van der Waals surface area contributed by atoms with Crippen molar-refractivity contribution >= 4 is 34.8 Å². The largest absolute Gasteiger partial charge is 0.326 e. The zero-order valence-electron chi connectivity index (χ0n) is 14.6. The lowest BCUT2D eigenvalue weighted by Crippen LogP contribution is -2.29. The molecule has 3 rings (SSSR count). The van der Waals surface area contributed by atoms with E-state index in [1.807, 2.05) is 20.8 Å². The van der Waals surface area contributed by atoms with E-state index in [0.717, 1.165) is 16.8 Å². The Labute approximate surface area is 152 Å². The van der Waals surface area contributed by atoms with Gasteiger partial charge < -0.3 is 10.2 Å². The molecule has 1 heterocycles. The summed E-state index contributed by atoms with van der Waals surface area (Å²) in [5, 5.41) is 3.42. The van der Waals surface area contributed by atoms with Crippen molar-refractivity contribution in [1.82, 2.24) is 0 Å². The maximum Gasteiger partial charge on any atom is 0.229 e. The second-order valence-corrected chi connectivity index (χ2v) is 7.09. The standard InChI is InChI=1S/C20H21ClN2O2/c1-12-7-13(2)19(14(3)8-12)23-11-15(9-18(23)24)20(25)22-17-6-4-5-16(21)10-17/h4-8,10,15H,9,11H2,1-3H3,(H,22,25). The Morgan fingerprint density at radius 2 is 1.84 bits per heavy atom. The Kier molecular flexibility index (Phi) is 4.82. The minimum atomic E-state index is -0.369. The third-order valence-electron chi connectivity index (χ3n) is 4.49. The molecular formula is C20H21ClN2O2. The van der Waals surface area contributed by atoms with Crippen LogP contribution in [0, 0.1) is 26.7 Å². The highest BCUT2D eigenvalue weighted by molar-refractivity contribution is 6.30. The Morgan fingerprint density at radius 3 is 2.48 bits per heavy atom. The normalized spacial score (nSPS) is 17.0. The highest BCUT2D eigenvalue weighted by Gasteiger charge is 2.36. The van der Waals surface area contributed by atoms with Crippen molar-refractivity contribution in [2.24, 2.45) is 5.92 Å². The van der Waals surface area contributed by atoms with E-state index in [4.69, 9.17) is 11.6 Å².